The van der Waals surface area contributed by atoms with E-state index in [2.05, 4.69) is 52.9 Å². The molecule has 0 aliphatic carbocycles. The first kappa shape index (κ1) is 16.2. The van der Waals surface area contributed by atoms with Gasteiger partial charge in [-0.2, -0.15) is 0 Å². The SMILES string of the molecule is C=CCN(Cc1ccc(OC)cc1)Cc1cccc2cccnc12. The molecule has 3 aromatic rings. The molecule has 0 bridgehead atoms. The lowest BCUT2D eigenvalue weighted by molar-refractivity contribution is 0.287. The average molecular weight is 318 g/mol. The van der Waals surface area contributed by atoms with Crippen molar-refractivity contribution in [3.8, 4) is 5.75 Å². The summed E-state index contributed by atoms with van der Waals surface area (Å²) in [5.74, 6) is 0.882. The van der Waals surface area contributed by atoms with E-state index in [1.807, 2.05) is 30.5 Å². The molecule has 0 amide bonds. The first-order chi connectivity index (χ1) is 11.8. The van der Waals surface area contributed by atoms with Crippen molar-refractivity contribution in [2.75, 3.05) is 13.7 Å². The Morgan fingerprint density at radius 2 is 1.83 bits per heavy atom. The number of hydrogen-bond donors (Lipinski definition) is 0. The number of nitrogens with zero attached hydrogens (tertiary/aromatic N) is 2. The van der Waals surface area contributed by atoms with Crippen molar-refractivity contribution in [1.29, 1.82) is 0 Å². The minimum Gasteiger partial charge on any atom is -0.497 e. The maximum atomic E-state index is 5.23. The van der Waals surface area contributed by atoms with Crippen LogP contribution in [0.2, 0.25) is 0 Å². The fourth-order valence-electron chi connectivity index (χ4n) is 2.89. The molecule has 0 saturated carbocycles. The van der Waals surface area contributed by atoms with Crippen molar-refractivity contribution >= 4 is 10.9 Å². The molecule has 3 rings (SSSR count). The molecule has 1 aromatic heterocycles. The molecule has 3 heteroatoms. The van der Waals surface area contributed by atoms with Crippen LogP contribution in [0.15, 0.2) is 73.4 Å². The van der Waals surface area contributed by atoms with Gasteiger partial charge in [0.2, 0.25) is 0 Å². The van der Waals surface area contributed by atoms with Crippen LogP contribution < -0.4 is 4.74 Å². The topological polar surface area (TPSA) is 25.4 Å². The Bertz CT molecular complexity index is 806. The summed E-state index contributed by atoms with van der Waals surface area (Å²) in [6.07, 6.45) is 3.80. The quantitative estimate of drug-likeness (QED) is 0.603. The van der Waals surface area contributed by atoms with Crippen LogP contribution in [0, 0.1) is 0 Å². The summed E-state index contributed by atoms with van der Waals surface area (Å²) < 4.78 is 5.23. The van der Waals surface area contributed by atoms with Crippen molar-refractivity contribution in [3.63, 3.8) is 0 Å². The van der Waals surface area contributed by atoms with Gasteiger partial charge in [-0.25, -0.2) is 0 Å². The molecular weight excluding hydrogens is 296 g/mol. The summed E-state index contributed by atoms with van der Waals surface area (Å²) in [6.45, 7) is 6.42. The molecule has 3 nitrogen and oxygen atoms in total. The Morgan fingerprint density at radius 1 is 1.04 bits per heavy atom. The second-order valence-electron chi connectivity index (χ2n) is 5.80. The predicted octanol–water partition coefficient (Wildman–Crippen LogP) is 4.43. The van der Waals surface area contributed by atoms with Crippen LogP contribution in [0.4, 0.5) is 0 Å². The van der Waals surface area contributed by atoms with E-state index in [1.165, 1.54) is 16.5 Å². The number of benzene rings is 2. The molecule has 0 saturated heterocycles. The second-order valence-corrected chi connectivity index (χ2v) is 5.80. The Labute approximate surface area is 143 Å². The van der Waals surface area contributed by atoms with Crippen molar-refractivity contribution in [2.45, 2.75) is 13.1 Å². The Morgan fingerprint density at radius 3 is 2.58 bits per heavy atom. The number of para-hydroxylation sites is 1. The Kier molecular flexibility index (Phi) is 5.24. The van der Waals surface area contributed by atoms with Crippen LogP contribution in [0.25, 0.3) is 10.9 Å². The normalized spacial score (nSPS) is 10.9. The zero-order valence-corrected chi connectivity index (χ0v) is 14.0. The molecule has 0 spiro atoms. The fourth-order valence-corrected chi connectivity index (χ4v) is 2.89. The molecule has 0 atom stereocenters. The minimum atomic E-state index is 0.829. The summed E-state index contributed by atoms with van der Waals surface area (Å²) in [7, 11) is 1.69. The third kappa shape index (κ3) is 3.81. The zero-order chi connectivity index (χ0) is 16.8. The van der Waals surface area contributed by atoms with Crippen molar-refractivity contribution in [2.24, 2.45) is 0 Å². The summed E-state index contributed by atoms with van der Waals surface area (Å²) in [5, 5.41) is 1.18. The smallest absolute Gasteiger partial charge is 0.118 e. The van der Waals surface area contributed by atoms with E-state index in [1.54, 1.807) is 7.11 Å². The summed E-state index contributed by atoms with van der Waals surface area (Å²) in [4.78, 5) is 6.91. The van der Waals surface area contributed by atoms with Gasteiger partial charge < -0.3 is 4.74 Å². The minimum absolute atomic E-state index is 0.829. The number of aromatic nitrogens is 1. The van der Waals surface area contributed by atoms with Gasteiger partial charge in [-0.15, -0.1) is 6.58 Å². The monoisotopic (exact) mass is 318 g/mol. The maximum absolute atomic E-state index is 5.23. The summed E-state index contributed by atoms with van der Waals surface area (Å²) in [6, 6.07) is 18.7. The highest BCUT2D eigenvalue weighted by Gasteiger charge is 2.09. The van der Waals surface area contributed by atoms with E-state index in [0.717, 1.165) is 30.9 Å². The molecule has 0 unspecified atom stereocenters. The van der Waals surface area contributed by atoms with Crippen molar-refractivity contribution in [3.05, 3.63) is 84.6 Å². The highest BCUT2D eigenvalue weighted by atomic mass is 16.5. The maximum Gasteiger partial charge on any atom is 0.118 e. The number of ether oxygens (including phenoxy) is 1. The highest BCUT2D eigenvalue weighted by Crippen LogP contribution is 2.19. The molecule has 0 fully saturated rings. The Balaban J connectivity index is 1.81. The number of methoxy groups -OCH3 is 1. The van der Waals surface area contributed by atoms with Crippen LogP contribution >= 0.6 is 0 Å². The van der Waals surface area contributed by atoms with E-state index in [-0.39, 0.29) is 0 Å². The van der Waals surface area contributed by atoms with E-state index in [0.29, 0.717) is 0 Å². The van der Waals surface area contributed by atoms with Gasteiger partial charge in [0.1, 0.15) is 5.75 Å². The number of rotatable bonds is 7. The predicted molar refractivity (Wildman–Crippen MR) is 99.0 cm³/mol. The van der Waals surface area contributed by atoms with Crippen LogP contribution in [0.1, 0.15) is 11.1 Å². The van der Waals surface area contributed by atoms with E-state index >= 15 is 0 Å². The van der Waals surface area contributed by atoms with Gasteiger partial charge in [-0.05, 0) is 29.3 Å². The second kappa shape index (κ2) is 7.75. The van der Waals surface area contributed by atoms with Crippen LogP contribution in [-0.4, -0.2) is 23.5 Å². The zero-order valence-electron chi connectivity index (χ0n) is 14.0. The first-order valence-corrected chi connectivity index (χ1v) is 8.09. The Hall–Kier alpha value is -2.65. The van der Waals surface area contributed by atoms with Crippen LogP contribution in [-0.2, 0) is 13.1 Å². The van der Waals surface area contributed by atoms with Crippen molar-refractivity contribution in [1.82, 2.24) is 9.88 Å². The standard InChI is InChI=1S/C21H22N2O/c1-3-14-23(15-17-9-11-20(24-2)12-10-17)16-19-7-4-6-18-8-5-13-22-21(18)19/h3-13H,1,14-16H2,2H3. The molecule has 24 heavy (non-hydrogen) atoms. The van der Waals surface area contributed by atoms with Gasteiger partial charge in [0.05, 0.1) is 12.6 Å². The molecule has 0 aliphatic heterocycles. The summed E-state index contributed by atoms with van der Waals surface area (Å²) in [5.41, 5.74) is 3.57. The molecule has 0 aliphatic rings. The molecule has 122 valence electrons. The molecular formula is C21H22N2O. The van der Waals surface area contributed by atoms with Gasteiger partial charge in [0, 0.05) is 31.2 Å². The van der Waals surface area contributed by atoms with Gasteiger partial charge in [0.15, 0.2) is 0 Å². The van der Waals surface area contributed by atoms with E-state index < -0.39 is 0 Å². The molecule has 0 N–H and O–H groups in total. The van der Waals surface area contributed by atoms with Gasteiger partial charge >= 0.3 is 0 Å². The van der Waals surface area contributed by atoms with Crippen molar-refractivity contribution < 1.29 is 4.74 Å². The van der Waals surface area contributed by atoms with Gasteiger partial charge in [-0.3, -0.25) is 9.88 Å². The lowest BCUT2D eigenvalue weighted by Gasteiger charge is -2.21. The van der Waals surface area contributed by atoms with Gasteiger partial charge in [0.25, 0.3) is 0 Å². The third-order valence-electron chi connectivity index (χ3n) is 4.06. The first-order valence-electron chi connectivity index (χ1n) is 8.09. The molecule has 1 heterocycles. The fraction of sp³-hybridized carbons (Fsp3) is 0.190. The van der Waals surface area contributed by atoms with Gasteiger partial charge in [-0.1, -0.05) is 42.5 Å². The van der Waals surface area contributed by atoms with E-state index in [9.17, 15) is 0 Å². The molecule has 2 aromatic carbocycles. The average Bonchev–Trinajstić information content (AvgIpc) is 2.63. The molecule has 0 radical (unpaired) electrons. The van der Waals surface area contributed by atoms with Crippen LogP contribution in [0.5, 0.6) is 5.75 Å². The highest BCUT2D eigenvalue weighted by molar-refractivity contribution is 5.81. The number of fused-ring (bicyclic) bond motifs is 1. The lowest BCUT2D eigenvalue weighted by Crippen LogP contribution is -2.23. The lowest BCUT2D eigenvalue weighted by atomic mass is 10.1. The number of hydrogen-bond acceptors (Lipinski definition) is 3. The van der Waals surface area contributed by atoms with Crippen LogP contribution in [0.3, 0.4) is 0 Å². The third-order valence-corrected chi connectivity index (χ3v) is 4.06. The largest absolute Gasteiger partial charge is 0.497 e. The van der Waals surface area contributed by atoms with E-state index in [4.69, 9.17) is 4.74 Å². The summed E-state index contributed by atoms with van der Waals surface area (Å²) >= 11 is 0. The number of pyridine rings is 1.